The molecular weight excluding hydrogens is 540 g/mol. The number of rotatable bonds is 26. The highest BCUT2D eigenvalue weighted by molar-refractivity contribution is 5.81. The van der Waals surface area contributed by atoms with Crippen LogP contribution in [-0.2, 0) is 38.1 Å². The Labute approximate surface area is 253 Å². The molecule has 42 heavy (non-hydrogen) atoms. The summed E-state index contributed by atoms with van der Waals surface area (Å²) in [6.45, 7) is 12.0. The number of ether oxygens (including phenoxy) is 4. The number of aliphatic hydroxyl groups excluding tert-OH is 1. The second-order valence-electron chi connectivity index (χ2n) is 10.4. The maximum atomic E-state index is 12.2. The zero-order valence-electron chi connectivity index (χ0n) is 26.2. The van der Waals surface area contributed by atoms with E-state index < -0.39 is 29.9 Å². The van der Waals surface area contributed by atoms with Crippen molar-refractivity contribution in [1.82, 2.24) is 0 Å². The van der Waals surface area contributed by atoms with Crippen molar-refractivity contribution >= 4 is 23.9 Å². The summed E-state index contributed by atoms with van der Waals surface area (Å²) in [6, 6.07) is 0. The molecule has 0 saturated carbocycles. The fraction of sp³-hybridized carbons (Fsp3) is 0.697. The quantitative estimate of drug-likeness (QED) is 0.0372. The molecule has 0 saturated heterocycles. The molecule has 0 radical (unpaired) electrons. The first-order chi connectivity index (χ1) is 20.2. The van der Waals surface area contributed by atoms with Gasteiger partial charge in [0, 0.05) is 25.5 Å². The maximum absolute atomic E-state index is 12.2. The fourth-order valence-corrected chi connectivity index (χ4v) is 3.89. The molecule has 0 aliphatic rings. The Bertz CT molecular complexity index is 737. The van der Waals surface area contributed by atoms with E-state index in [0.717, 1.165) is 37.7 Å². The molecule has 0 aromatic rings. The van der Waals surface area contributed by atoms with Crippen LogP contribution >= 0.6 is 0 Å². The topological polar surface area (TPSA) is 125 Å². The molecule has 9 heteroatoms. The molecule has 242 valence electrons. The van der Waals surface area contributed by atoms with Crippen LogP contribution in [-0.4, -0.2) is 55.4 Å². The highest BCUT2D eigenvalue weighted by Crippen LogP contribution is 2.20. The predicted octanol–water partition coefficient (Wildman–Crippen LogP) is 6.92. The summed E-state index contributed by atoms with van der Waals surface area (Å²) in [6.07, 6.45) is 22.1. The van der Waals surface area contributed by atoms with E-state index in [1.54, 1.807) is 0 Å². The first kappa shape index (κ1) is 41.2. The van der Waals surface area contributed by atoms with Gasteiger partial charge in [0.05, 0.1) is 18.3 Å². The van der Waals surface area contributed by atoms with Crippen LogP contribution in [0.15, 0.2) is 38.2 Å². The van der Waals surface area contributed by atoms with E-state index in [2.05, 4.69) is 31.4 Å². The summed E-state index contributed by atoms with van der Waals surface area (Å²) >= 11 is 0. The largest absolute Gasteiger partial charge is 0.465 e. The average Bonchev–Trinajstić information content (AvgIpc) is 2.98. The molecule has 0 amide bonds. The van der Waals surface area contributed by atoms with Gasteiger partial charge in [-0.2, -0.15) is 0 Å². The van der Waals surface area contributed by atoms with Gasteiger partial charge in [0.25, 0.3) is 0 Å². The van der Waals surface area contributed by atoms with Gasteiger partial charge in [-0.1, -0.05) is 117 Å². The molecule has 0 rings (SSSR count). The third-order valence-corrected chi connectivity index (χ3v) is 6.48. The van der Waals surface area contributed by atoms with Crippen molar-refractivity contribution in [3.63, 3.8) is 0 Å². The van der Waals surface area contributed by atoms with Crippen molar-refractivity contribution in [2.24, 2.45) is 5.41 Å². The molecule has 0 heterocycles. The number of esters is 4. The van der Waals surface area contributed by atoms with Crippen LogP contribution in [0.2, 0.25) is 0 Å². The Balaban J connectivity index is 0. The molecule has 0 aromatic heterocycles. The highest BCUT2D eigenvalue weighted by atomic mass is 16.6. The molecule has 0 aromatic carbocycles. The van der Waals surface area contributed by atoms with E-state index in [1.165, 1.54) is 84.0 Å². The zero-order valence-corrected chi connectivity index (χ0v) is 26.2. The lowest BCUT2D eigenvalue weighted by atomic mass is 9.92. The van der Waals surface area contributed by atoms with Crippen LogP contribution in [0.3, 0.4) is 0 Å². The Morgan fingerprint density at radius 1 is 0.643 bits per heavy atom. The van der Waals surface area contributed by atoms with E-state index in [0.29, 0.717) is 0 Å². The predicted molar refractivity (Wildman–Crippen MR) is 164 cm³/mol. The lowest BCUT2D eigenvalue weighted by Crippen LogP contribution is -2.42. The van der Waals surface area contributed by atoms with Gasteiger partial charge in [-0.3, -0.25) is 9.59 Å². The molecule has 0 aliphatic heterocycles. The van der Waals surface area contributed by atoms with Gasteiger partial charge in [-0.15, -0.1) is 0 Å². The summed E-state index contributed by atoms with van der Waals surface area (Å²) in [5.41, 5.74) is -1.25. The van der Waals surface area contributed by atoms with Crippen molar-refractivity contribution in [2.75, 3.05) is 26.4 Å². The summed E-state index contributed by atoms with van der Waals surface area (Å²) in [5.74, 6) is -2.10. The molecule has 9 nitrogen and oxygen atoms in total. The van der Waals surface area contributed by atoms with E-state index in [9.17, 15) is 24.3 Å². The van der Waals surface area contributed by atoms with Crippen LogP contribution in [0, 0.1) is 5.41 Å². The minimum Gasteiger partial charge on any atom is -0.465 e. The van der Waals surface area contributed by atoms with Crippen LogP contribution in [0.5, 0.6) is 0 Å². The zero-order chi connectivity index (χ0) is 31.9. The number of carbonyl (C=O) groups excluding carboxylic acids is 4. The maximum Gasteiger partial charge on any atom is 0.330 e. The Morgan fingerprint density at radius 2 is 1.02 bits per heavy atom. The summed E-state index contributed by atoms with van der Waals surface area (Å²) in [7, 11) is 0. The van der Waals surface area contributed by atoms with E-state index in [-0.39, 0.29) is 32.2 Å². The van der Waals surface area contributed by atoms with Gasteiger partial charge in [0.1, 0.15) is 19.8 Å². The Hall–Kier alpha value is -2.94. The highest BCUT2D eigenvalue weighted by Gasteiger charge is 2.35. The van der Waals surface area contributed by atoms with Gasteiger partial charge >= 0.3 is 23.9 Å². The minimum absolute atomic E-state index is 0.240. The van der Waals surface area contributed by atoms with E-state index >= 15 is 0 Å². The number of unbranched alkanes of at least 4 members (excludes halogenated alkanes) is 14. The van der Waals surface area contributed by atoms with E-state index in [1.807, 2.05) is 0 Å². The average molecular weight is 597 g/mol. The summed E-state index contributed by atoms with van der Waals surface area (Å²) in [4.78, 5) is 44.8. The second kappa shape index (κ2) is 29.5. The van der Waals surface area contributed by atoms with Gasteiger partial charge in [0.15, 0.2) is 0 Å². The van der Waals surface area contributed by atoms with Gasteiger partial charge in [0.2, 0.25) is 0 Å². The SMILES string of the molecule is C=CC(=O)OCC(CO)(COC(=O)C=C)COC(=O)CCCCCCCCCCCCCCCCC.C=COC(C)=O. The fourth-order valence-electron chi connectivity index (χ4n) is 3.89. The third-order valence-electron chi connectivity index (χ3n) is 6.48. The standard InChI is InChI=1S/C29H50O7.C4H6O2/c1-4-7-8-9-10-11-12-13-14-15-16-17-18-19-20-21-28(33)36-25-29(22-30,23-34-26(31)5-2)24-35-27(32)6-3;1-3-6-4(2)5/h5-6,30H,2-4,7-25H2,1H3;3H,1H2,2H3. The number of carbonyl (C=O) groups is 4. The monoisotopic (exact) mass is 596 g/mol. The Morgan fingerprint density at radius 3 is 1.33 bits per heavy atom. The number of aliphatic hydroxyl groups is 1. The molecule has 0 bridgehead atoms. The first-order valence-corrected chi connectivity index (χ1v) is 15.3. The van der Waals surface area contributed by atoms with Crippen molar-refractivity contribution in [3.05, 3.63) is 38.2 Å². The van der Waals surface area contributed by atoms with Gasteiger partial charge in [-0.05, 0) is 6.42 Å². The molecular formula is C33H56O9. The minimum atomic E-state index is -1.25. The van der Waals surface area contributed by atoms with Crippen molar-refractivity contribution in [2.45, 2.75) is 117 Å². The van der Waals surface area contributed by atoms with Gasteiger partial charge in [-0.25, -0.2) is 9.59 Å². The molecule has 0 aliphatic carbocycles. The van der Waals surface area contributed by atoms with Crippen molar-refractivity contribution < 1.29 is 43.2 Å². The van der Waals surface area contributed by atoms with Gasteiger partial charge < -0.3 is 24.1 Å². The van der Waals surface area contributed by atoms with Crippen LogP contribution in [0.25, 0.3) is 0 Å². The molecule has 0 atom stereocenters. The Kier molecular flexibility index (Phi) is 29.0. The lowest BCUT2D eigenvalue weighted by Gasteiger charge is -2.29. The van der Waals surface area contributed by atoms with Crippen LogP contribution in [0.1, 0.15) is 117 Å². The van der Waals surface area contributed by atoms with Crippen LogP contribution < -0.4 is 0 Å². The molecule has 0 fully saturated rings. The first-order valence-electron chi connectivity index (χ1n) is 15.3. The molecule has 0 spiro atoms. The van der Waals surface area contributed by atoms with Crippen molar-refractivity contribution in [1.29, 1.82) is 0 Å². The molecule has 1 N–H and O–H groups in total. The summed E-state index contributed by atoms with van der Waals surface area (Å²) < 4.78 is 19.5. The number of hydrogen-bond acceptors (Lipinski definition) is 9. The van der Waals surface area contributed by atoms with E-state index in [4.69, 9.17) is 14.2 Å². The second-order valence-corrected chi connectivity index (χ2v) is 10.4. The molecule has 0 unspecified atom stereocenters. The third kappa shape index (κ3) is 27.2. The lowest BCUT2D eigenvalue weighted by molar-refractivity contribution is -0.161. The normalized spacial score (nSPS) is 10.5. The van der Waals surface area contributed by atoms with Crippen molar-refractivity contribution in [3.8, 4) is 0 Å². The number of hydrogen-bond donors (Lipinski definition) is 1. The smallest absolute Gasteiger partial charge is 0.330 e. The summed E-state index contributed by atoms with van der Waals surface area (Å²) in [5, 5.41) is 9.85. The van der Waals surface area contributed by atoms with Crippen LogP contribution in [0.4, 0.5) is 0 Å².